The van der Waals surface area contributed by atoms with Crippen molar-refractivity contribution >= 4 is 0 Å². The van der Waals surface area contributed by atoms with Crippen molar-refractivity contribution in [2.45, 2.75) is 18.9 Å². The minimum Gasteiger partial charge on any atom is -0.454 e. The Morgan fingerprint density at radius 1 is 1.40 bits per heavy atom. The van der Waals surface area contributed by atoms with Gasteiger partial charge in [0.1, 0.15) is 0 Å². The lowest BCUT2D eigenvalue weighted by Crippen LogP contribution is -1.96. The Kier molecular flexibility index (Phi) is 2.79. The van der Waals surface area contributed by atoms with Gasteiger partial charge in [-0.05, 0) is 24.1 Å². The predicted octanol–water partition coefficient (Wildman–Crippen LogP) is 1.86. The number of benzene rings is 1. The van der Waals surface area contributed by atoms with Gasteiger partial charge in [-0.25, -0.2) is 0 Å². The molecule has 2 rings (SSSR count). The van der Waals surface area contributed by atoms with Gasteiger partial charge in [-0.15, -0.1) is 12.3 Å². The van der Waals surface area contributed by atoms with E-state index in [0.717, 1.165) is 11.3 Å². The maximum absolute atomic E-state index is 9.79. The van der Waals surface area contributed by atoms with Crippen molar-refractivity contribution in [1.82, 2.24) is 0 Å². The topological polar surface area (TPSA) is 38.7 Å². The van der Waals surface area contributed by atoms with E-state index in [9.17, 15) is 5.11 Å². The third-order valence-electron chi connectivity index (χ3n) is 2.34. The van der Waals surface area contributed by atoms with Gasteiger partial charge >= 0.3 is 0 Å². The average molecular weight is 204 g/mol. The van der Waals surface area contributed by atoms with Gasteiger partial charge in [0.05, 0.1) is 6.10 Å². The van der Waals surface area contributed by atoms with Crippen LogP contribution in [0, 0.1) is 12.3 Å². The van der Waals surface area contributed by atoms with Crippen LogP contribution in [0.15, 0.2) is 18.2 Å². The highest BCUT2D eigenvalue weighted by Gasteiger charge is 2.15. The summed E-state index contributed by atoms with van der Waals surface area (Å²) < 4.78 is 10.4. The molecule has 3 heteroatoms. The molecule has 0 spiro atoms. The second kappa shape index (κ2) is 4.24. The van der Waals surface area contributed by atoms with E-state index in [1.807, 2.05) is 6.07 Å². The fourth-order valence-electron chi connectivity index (χ4n) is 1.51. The molecular weight excluding hydrogens is 192 g/mol. The summed E-state index contributed by atoms with van der Waals surface area (Å²) in [5.74, 6) is 3.92. The first-order valence-electron chi connectivity index (χ1n) is 4.82. The second-order valence-corrected chi connectivity index (χ2v) is 3.37. The minimum absolute atomic E-state index is 0.249. The van der Waals surface area contributed by atoms with E-state index in [1.165, 1.54) is 0 Å². The first-order valence-corrected chi connectivity index (χ1v) is 4.82. The predicted molar refractivity (Wildman–Crippen MR) is 55.6 cm³/mol. The summed E-state index contributed by atoms with van der Waals surface area (Å²) in [6.45, 7) is 0.249. The zero-order valence-electron chi connectivity index (χ0n) is 8.27. The van der Waals surface area contributed by atoms with Gasteiger partial charge in [0.25, 0.3) is 0 Å². The van der Waals surface area contributed by atoms with Gasteiger partial charge in [-0.1, -0.05) is 6.07 Å². The van der Waals surface area contributed by atoms with Gasteiger partial charge in [0.2, 0.25) is 6.79 Å². The van der Waals surface area contributed by atoms with Crippen molar-refractivity contribution in [2.75, 3.05) is 6.79 Å². The molecule has 0 saturated carbocycles. The quantitative estimate of drug-likeness (QED) is 0.764. The SMILES string of the molecule is C#CCCC(O)c1ccc2c(c1)OCO2. The molecule has 1 atom stereocenters. The molecule has 0 radical (unpaired) electrons. The molecule has 1 aromatic carbocycles. The molecule has 0 aliphatic carbocycles. The number of ether oxygens (including phenoxy) is 2. The Labute approximate surface area is 88.6 Å². The molecule has 0 bridgehead atoms. The number of hydrogen-bond acceptors (Lipinski definition) is 3. The Balaban J connectivity index is 2.12. The molecule has 1 aromatic rings. The average Bonchev–Trinajstić information content (AvgIpc) is 2.72. The van der Waals surface area contributed by atoms with E-state index in [2.05, 4.69) is 5.92 Å². The fraction of sp³-hybridized carbons (Fsp3) is 0.333. The second-order valence-electron chi connectivity index (χ2n) is 3.37. The highest BCUT2D eigenvalue weighted by Crippen LogP contribution is 2.34. The van der Waals surface area contributed by atoms with Crippen LogP contribution in [0.3, 0.4) is 0 Å². The van der Waals surface area contributed by atoms with Crippen LogP contribution in [0.1, 0.15) is 24.5 Å². The summed E-state index contributed by atoms with van der Waals surface area (Å²) in [4.78, 5) is 0. The van der Waals surface area contributed by atoms with Gasteiger partial charge in [0.15, 0.2) is 11.5 Å². The molecule has 1 unspecified atom stereocenters. The van der Waals surface area contributed by atoms with E-state index in [1.54, 1.807) is 12.1 Å². The number of aliphatic hydroxyl groups is 1. The largest absolute Gasteiger partial charge is 0.454 e. The molecule has 0 aromatic heterocycles. The lowest BCUT2D eigenvalue weighted by atomic mass is 10.0. The molecule has 1 heterocycles. The van der Waals surface area contributed by atoms with Crippen molar-refractivity contribution in [2.24, 2.45) is 0 Å². The van der Waals surface area contributed by atoms with Crippen LogP contribution in [-0.2, 0) is 0 Å². The molecule has 3 nitrogen and oxygen atoms in total. The standard InChI is InChI=1S/C12H12O3/c1-2-3-4-10(13)9-5-6-11-12(7-9)15-8-14-11/h1,5-7,10,13H,3-4,8H2. The smallest absolute Gasteiger partial charge is 0.231 e. The van der Waals surface area contributed by atoms with Crippen LogP contribution < -0.4 is 9.47 Å². The molecule has 0 fully saturated rings. The lowest BCUT2D eigenvalue weighted by Gasteiger charge is -2.09. The zero-order chi connectivity index (χ0) is 10.7. The summed E-state index contributed by atoms with van der Waals surface area (Å²) >= 11 is 0. The number of fused-ring (bicyclic) bond motifs is 1. The van der Waals surface area contributed by atoms with Gasteiger partial charge < -0.3 is 14.6 Å². The maximum Gasteiger partial charge on any atom is 0.231 e. The maximum atomic E-state index is 9.79. The highest BCUT2D eigenvalue weighted by molar-refractivity contribution is 5.45. The van der Waals surface area contributed by atoms with E-state index in [0.29, 0.717) is 18.6 Å². The van der Waals surface area contributed by atoms with Crippen molar-refractivity contribution < 1.29 is 14.6 Å². The number of terminal acetylenes is 1. The van der Waals surface area contributed by atoms with E-state index in [-0.39, 0.29) is 6.79 Å². The number of hydrogen-bond donors (Lipinski definition) is 1. The molecule has 1 N–H and O–H groups in total. The minimum atomic E-state index is -0.532. The first-order chi connectivity index (χ1) is 7.31. The van der Waals surface area contributed by atoms with E-state index >= 15 is 0 Å². The molecular formula is C12H12O3. The molecule has 15 heavy (non-hydrogen) atoms. The normalized spacial score (nSPS) is 14.7. The summed E-state index contributed by atoms with van der Waals surface area (Å²) in [5, 5.41) is 9.79. The van der Waals surface area contributed by atoms with Crippen LogP contribution in [0.5, 0.6) is 11.5 Å². The van der Waals surface area contributed by atoms with Crippen molar-refractivity contribution in [3.05, 3.63) is 23.8 Å². The van der Waals surface area contributed by atoms with Crippen LogP contribution in [0.25, 0.3) is 0 Å². The Bertz CT molecular complexity index is 392. The van der Waals surface area contributed by atoms with Crippen molar-refractivity contribution in [3.63, 3.8) is 0 Å². The van der Waals surface area contributed by atoms with Gasteiger partial charge in [0, 0.05) is 6.42 Å². The Hall–Kier alpha value is -1.66. The lowest BCUT2D eigenvalue weighted by molar-refractivity contribution is 0.167. The third-order valence-corrected chi connectivity index (χ3v) is 2.34. The van der Waals surface area contributed by atoms with E-state index in [4.69, 9.17) is 15.9 Å². The Morgan fingerprint density at radius 3 is 3.00 bits per heavy atom. The monoisotopic (exact) mass is 204 g/mol. The molecule has 1 aliphatic rings. The summed E-state index contributed by atoms with van der Waals surface area (Å²) in [7, 11) is 0. The van der Waals surface area contributed by atoms with Crippen LogP contribution in [0.4, 0.5) is 0 Å². The highest BCUT2D eigenvalue weighted by atomic mass is 16.7. The van der Waals surface area contributed by atoms with Gasteiger partial charge in [-0.3, -0.25) is 0 Å². The fourth-order valence-corrected chi connectivity index (χ4v) is 1.51. The molecule has 78 valence electrons. The van der Waals surface area contributed by atoms with Crippen molar-refractivity contribution in [3.8, 4) is 23.8 Å². The van der Waals surface area contributed by atoms with Crippen molar-refractivity contribution in [1.29, 1.82) is 0 Å². The summed E-state index contributed by atoms with van der Waals surface area (Å²) in [6, 6.07) is 5.43. The van der Waals surface area contributed by atoms with E-state index < -0.39 is 6.10 Å². The molecule has 1 aliphatic heterocycles. The van der Waals surface area contributed by atoms with Crippen LogP contribution in [0.2, 0.25) is 0 Å². The molecule has 0 amide bonds. The van der Waals surface area contributed by atoms with Crippen LogP contribution in [-0.4, -0.2) is 11.9 Å². The molecule has 0 saturated heterocycles. The number of aliphatic hydroxyl groups excluding tert-OH is 1. The number of rotatable bonds is 3. The summed E-state index contributed by atoms with van der Waals surface area (Å²) in [5.41, 5.74) is 0.814. The first kappa shape index (κ1) is 9.88. The zero-order valence-corrected chi connectivity index (χ0v) is 8.27. The third kappa shape index (κ3) is 2.05. The van der Waals surface area contributed by atoms with Crippen LogP contribution >= 0.6 is 0 Å². The van der Waals surface area contributed by atoms with Gasteiger partial charge in [-0.2, -0.15) is 0 Å². The Morgan fingerprint density at radius 2 is 2.20 bits per heavy atom. The summed E-state index contributed by atoms with van der Waals surface area (Å²) in [6.07, 6.45) is 5.74.